The second-order valence-electron chi connectivity index (χ2n) is 5.01. The molecule has 0 saturated carbocycles. The monoisotopic (exact) mass is 319 g/mol. The molecule has 4 nitrogen and oxygen atoms in total. The van der Waals surface area contributed by atoms with Crippen molar-refractivity contribution >= 4 is 28.7 Å². The highest BCUT2D eigenvalue weighted by Gasteiger charge is 2.40. The molecule has 1 aliphatic heterocycles. The Morgan fingerprint density at radius 3 is 2.90 bits per heavy atom. The summed E-state index contributed by atoms with van der Waals surface area (Å²) in [7, 11) is 0. The quantitative estimate of drug-likeness (QED) is 0.848. The van der Waals surface area contributed by atoms with Crippen LogP contribution in [-0.2, 0) is 0 Å². The number of hydrogen-bond acceptors (Lipinski definition) is 4. The molecule has 1 aliphatic rings. The number of aryl methyl sites for hydroxylation is 1. The van der Waals surface area contributed by atoms with E-state index in [1.54, 1.807) is 17.5 Å². The Morgan fingerprint density at radius 2 is 2.29 bits per heavy atom. The Kier molecular flexibility index (Phi) is 4.19. The van der Waals surface area contributed by atoms with Crippen molar-refractivity contribution < 1.29 is 5.11 Å². The lowest BCUT2D eigenvalue weighted by Crippen LogP contribution is -2.32. The smallest absolute Gasteiger partial charge is 0.170 e. The number of rotatable bonds is 4. The van der Waals surface area contributed by atoms with Crippen molar-refractivity contribution in [3.63, 3.8) is 0 Å². The van der Waals surface area contributed by atoms with Crippen molar-refractivity contribution in [2.24, 2.45) is 0 Å². The minimum Gasteiger partial charge on any atom is -0.395 e. The number of nitrogens with one attached hydrogen (secondary N) is 1. The van der Waals surface area contributed by atoms with Crippen LogP contribution in [0.15, 0.2) is 35.8 Å². The zero-order chi connectivity index (χ0) is 14.8. The van der Waals surface area contributed by atoms with Gasteiger partial charge < -0.3 is 15.3 Å². The van der Waals surface area contributed by atoms with E-state index in [9.17, 15) is 5.11 Å². The van der Waals surface area contributed by atoms with Crippen LogP contribution in [0.5, 0.6) is 0 Å². The summed E-state index contributed by atoms with van der Waals surface area (Å²) in [5.74, 6) is 0. The first-order chi connectivity index (χ1) is 10.2. The van der Waals surface area contributed by atoms with Gasteiger partial charge in [0.1, 0.15) is 0 Å². The van der Waals surface area contributed by atoms with Gasteiger partial charge in [0.15, 0.2) is 5.11 Å². The Balaban J connectivity index is 2.03. The Labute approximate surface area is 133 Å². The minimum atomic E-state index is 0.0163. The van der Waals surface area contributed by atoms with E-state index in [1.807, 2.05) is 18.2 Å². The summed E-state index contributed by atoms with van der Waals surface area (Å²) in [5.41, 5.74) is 2.22. The summed E-state index contributed by atoms with van der Waals surface area (Å²) >= 11 is 7.18. The number of thiocarbonyl (C=S) groups is 1. The third-order valence-corrected chi connectivity index (χ3v) is 5.15. The zero-order valence-electron chi connectivity index (χ0n) is 11.7. The van der Waals surface area contributed by atoms with Crippen LogP contribution in [0.25, 0.3) is 0 Å². The van der Waals surface area contributed by atoms with Gasteiger partial charge in [0.25, 0.3) is 0 Å². The molecule has 2 atom stereocenters. The molecule has 110 valence electrons. The van der Waals surface area contributed by atoms with Crippen LogP contribution in [0, 0.1) is 6.92 Å². The largest absolute Gasteiger partial charge is 0.395 e. The second kappa shape index (κ2) is 6.09. The maximum absolute atomic E-state index is 9.34. The number of thiophene rings is 1. The van der Waals surface area contributed by atoms with Crippen LogP contribution < -0.4 is 5.32 Å². The van der Waals surface area contributed by atoms with Crippen LogP contribution in [0.1, 0.15) is 28.2 Å². The highest BCUT2D eigenvalue weighted by molar-refractivity contribution is 7.80. The molecule has 0 aliphatic carbocycles. The average Bonchev–Trinajstić information content (AvgIpc) is 3.05. The Hall–Kier alpha value is -1.50. The molecule has 2 aromatic rings. The molecular weight excluding hydrogens is 302 g/mol. The molecule has 2 aromatic heterocycles. The van der Waals surface area contributed by atoms with Crippen molar-refractivity contribution in [1.82, 2.24) is 15.2 Å². The molecule has 3 rings (SSSR count). The van der Waals surface area contributed by atoms with Crippen molar-refractivity contribution in [1.29, 1.82) is 0 Å². The van der Waals surface area contributed by atoms with Gasteiger partial charge in [-0.15, -0.1) is 11.3 Å². The first-order valence-corrected chi connectivity index (χ1v) is 8.14. The normalized spacial score (nSPS) is 21.6. The molecule has 3 heterocycles. The lowest BCUT2D eigenvalue weighted by Gasteiger charge is -2.26. The topological polar surface area (TPSA) is 48.4 Å². The van der Waals surface area contributed by atoms with Gasteiger partial charge in [-0.2, -0.15) is 0 Å². The predicted molar refractivity (Wildman–Crippen MR) is 88.3 cm³/mol. The van der Waals surface area contributed by atoms with Crippen LogP contribution in [0.4, 0.5) is 0 Å². The summed E-state index contributed by atoms with van der Waals surface area (Å²) in [5, 5.41) is 15.5. The number of aliphatic hydroxyl groups is 1. The highest BCUT2D eigenvalue weighted by atomic mass is 32.1. The lowest BCUT2D eigenvalue weighted by molar-refractivity contribution is 0.224. The van der Waals surface area contributed by atoms with Gasteiger partial charge in [-0.3, -0.25) is 4.98 Å². The fraction of sp³-hybridized carbons (Fsp3) is 0.333. The molecule has 2 N–H and O–H groups in total. The molecule has 0 aromatic carbocycles. The number of aliphatic hydroxyl groups excluding tert-OH is 1. The predicted octanol–water partition coefficient (Wildman–Crippen LogP) is 2.42. The summed E-state index contributed by atoms with van der Waals surface area (Å²) in [6.07, 6.45) is 1.80. The van der Waals surface area contributed by atoms with Gasteiger partial charge in [0.2, 0.25) is 0 Å². The fourth-order valence-corrected chi connectivity index (χ4v) is 4.13. The molecule has 1 saturated heterocycles. The maximum Gasteiger partial charge on any atom is 0.170 e. The molecule has 0 amide bonds. The third kappa shape index (κ3) is 2.66. The molecule has 0 bridgehead atoms. The van der Waals surface area contributed by atoms with Crippen molar-refractivity contribution in [3.8, 4) is 0 Å². The molecule has 0 radical (unpaired) electrons. The van der Waals surface area contributed by atoms with Gasteiger partial charge in [0, 0.05) is 17.6 Å². The number of aromatic nitrogens is 1. The number of nitrogens with zero attached hydrogens (tertiary/aromatic N) is 2. The SMILES string of the molecule is Cc1ccsc1C1C(c2ccccn2)NC(=S)N1CCO. The number of β-amino-alcohol motifs (C(OH)–C–C–N with tert-alkyl or cyclic N) is 1. The standard InChI is InChI=1S/C15H17N3OS2/c1-10-5-9-21-14(10)13-12(11-4-2-3-6-16-11)17-15(20)18(13)7-8-19/h2-6,9,12-13,19H,7-8H2,1H3,(H,17,20). The van der Waals surface area contributed by atoms with E-state index >= 15 is 0 Å². The van der Waals surface area contributed by atoms with Crippen molar-refractivity contribution in [2.45, 2.75) is 19.0 Å². The summed E-state index contributed by atoms with van der Waals surface area (Å²) in [6, 6.07) is 8.13. The van der Waals surface area contributed by atoms with E-state index in [-0.39, 0.29) is 18.7 Å². The Morgan fingerprint density at radius 1 is 1.43 bits per heavy atom. The minimum absolute atomic E-state index is 0.0163. The van der Waals surface area contributed by atoms with Crippen LogP contribution in [0.2, 0.25) is 0 Å². The van der Waals surface area contributed by atoms with Crippen LogP contribution >= 0.6 is 23.6 Å². The van der Waals surface area contributed by atoms with Crippen molar-refractivity contribution in [2.75, 3.05) is 13.2 Å². The first kappa shape index (κ1) is 14.4. The molecule has 0 spiro atoms. The summed E-state index contributed by atoms with van der Waals surface area (Å²) < 4.78 is 0. The first-order valence-electron chi connectivity index (χ1n) is 6.85. The van der Waals surface area contributed by atoms with Gasteiger partial charge in [-0.1, -0.05) is 6.07 Å². The van der Waals surface area contributed by atoms with E-state index in [1.165, 1.54) is 10.4 Å². The second-order valence-corrected chi connectivity index (χ2v) is 6.35. The van der Waals surface area contributed by atoms with E-state index in [0.29, 0.717) is 11.7 Å². The van der Waals surface area contributed by atoms with E-state index in [4.69, 9.17) is 12.2 Å². The van der Waals surface area contributed by atoms with Gasteiger partial charge in [-0.05, 0) is 48.3 Å². The zero-order valence-corrected chi connectivity index (χ0v) is 13.3. The number of hydrogen-bond donors (Lipinski definition) is 2. The van der Waals surface area contributed by atoms with Gasteiger partial charge in [-0.25, -0.2) is 0 Å². The molecular formula is C15H17N3OS2. The maximum atomic E-state index is 9.34. The van der Waals surface area contributed by atoms with Crippen molar-refractivity contribution in [3.05, 3.63) is 52.0 Å². The van der Waals surface area contributed by atoms with Gasteiger partial charge in [0.05, 0.1) is 24.4 Å². The fourth-order valence-electron chi connectivity index (χ4n) is 2.73. The number of pyridine rings is 1. The van der Waals surface area contributed by atoms with Gasteiger partial charge >= 0.3 is 0 Å². The van der Waals surface area contributed by atoms with E-state index < -0.39 is 0 Å². The molecule has 1 fully saturated rings. The average molecular weight is 319 g/mol. The molecule has 2 unspecified atom stereocenters. The highest BCUT2D eigenvalue weighted by Crippen LogP contribution is 2.41. The van der Waals surface area contributed by atoms with Crippen LogP contribution in [-0.4, -0.2) is 33.3 Å². The van der Waals surface area contributed by atoms with Crippen LogP contribution in [0.3, 0.4) is 0 Å². The molecule has 21 heavy (non-hydrogen) atoms. The summed E-state index contributed by atoms with van der Waals surface area (Å²) in [6.45, 7) is 2.72. The third-order valence-electron chi connectivity index (χ3n) is 3.71. The summed E-state index contributed by atoms with van der Waals surface area (Å²) in [4.78, 5) is 7.81. The molecule has 6 heteroatoms. The van der Waals surface area contributed by atoms with E-state index in [2.05, 4.69) is 33.6 Å². The lowest BCUT2D eigenvalue weighted by atomic mass is 10.0. The Bertz CT molecular complexity index is 629. The van der Waals surface area contributed by atoms with E-state index in [0.717, 1.165) is 5.69 Å².